The van der Waals surface area contributed by atoms with Crippen LogP contribution in [0.3, 0.4) is 0 Å². The minimum absolute atomic E-state index is 0.0991. The van der Waals surface area contributed by atoms with Crippen molar-refractivity contribution in [2.45, 2.75) is 33.7 Å². The van der Waals surface area contributed by atoms with E-state index in [0.29, 0.717) is 0 Å². The lowest BCUT2D eigenvalue weighted by Crippen LogP contribution is -2.33. The number of hydrogen-bond acceptors (Lipinski definition) is 2. The Bertz CT molecular complexity index is 324. The molecule has 2 nitrogen and oxygen atoms in total. The molecule has 0 heterocycles. The minimum atomic E-state index is -0.281. The van der Waals surface area contributed by atoms with Gasteiger partial charge in [0.25, 0.3) is 0 Å². The van der Waals surface area contributed by atoms with E-state index in [1.165, 1.54) is 11.1 Å². The Balaban J connectivity index is 3.16. The molecule has 84 valence electrons. The van der Waals surface area contributed by atoms with Crippen LogP contribution in [0.5, 0.6) is 0 Å². The molecule has 0 spiro atoms. The molecule has 0 aliphatic rings. The maximum atomic E-state index is 9.33. The molecule has 1 aromatic carbocycles. The summed E-state index contributed by atoms with van der Waals surface area (Å²) in [7, 11) is 0. The average Bonchev–Trinajstić information content (AvgIpc) is 2.17. The molecule has 1 aromatic rings. The van der Waals surface area contributed by atoms with Gasteiger partial charge in [-0.15, -0.1) is 0 Å². The predicted molar refractivity (Wildman–Crippen MR) is 63.7 cm³/mol. The van der Waals surface area contributed by atoms with E-state index in [-0.39, 0.29) is 18.1 Å². The summed E-state index contributed by atoms with van der Waals surface area (Å²) in [6.45, 7) is 8.21. The van der Waals surface area contributed by atoms with Crippen molar-refractivity contribution in [3.05, 3.63) is 34.9 Å². The van der Waals surface area contributed by atoms with Crippen molar-refractivity contribution in [1.82, 2.24) is 0 Å². The lowest BCUT2D eigenvalue weighted by Gasteiger charge is -2.31. The topological polar surface area (TPSA) is 46.2 Å². The third-order valence-electron chi connectivity index (χ3n) is 3.10. The Labute approximate surface area is 92.1 Å². The van der Waals surface area contributed by atoms with Gasteiger partial charge in [-0.1, -0.05) is 32.0 Å². The largest absolute Gasteiger partial charge is 0.396 e. The van der Waals surface area contributed by atoms with E-state index in [4.69, 9.17) is 5.73 Å². The standard InChI is InChI=1S/C13H21NO/c1-9-6-5-7-10(2)11(9)12(14)13(3,4)8-15/h5-7,12,15H,8,14H2,1-4H3/t12-/m1/s1. The normalized spacial score (nSPS) is 14.0. The van der Waals surface area contributed by atoms with Crippen molar-refractivity contribution in [1.29, 1.82) is 0 Å². The van der Waals surface area contributed by atoms with Gasteiger partial charge in [-0.05, 0) is 30.5 Å². The van der Waals surface area contributed by atoms with Gasteiger partial charge in [0.05, 0.1) is 0 Å². The highest BCUT2D eigenvalue weighted by molar-refractivity contribution is 5.36. The molecule has 0 aliphatic carbocycles. The van der Waals surface area contributed by atoms with Gasteiger partial charge in [-0.25, -0.2) is 0 Å². The smallest absolute Gasteiger partial charge is 0.0500 e. The Morgan fingerprint density at radius 1 is 1.27 bits per heavy atom. The van der Waals surface area contributed by atoms with Crippen molar-refractivity contribution in [2.24, 2.45) is 11.1 Å². The molecule has 0 bridgehead atoms. The van der Waals surface area contributed by atoms with Crippen LogP contribution >= 0.6 is 0 Å². The molecule has 0 saturated carbocycles. The zero-order valence-corrected chi connectivity index (χ0v) is 10.0. The predicted octanol–water partition coefficient (Wildman–Crippen LogP) is 2.32. The summed E-state index contributed by atoms with van der Waals surface area (Å²) < 4.78 is 0. The minimum Gasteiger partial charge on any atom is -0.396 e. The SMILES string of the molecule is Cc1cccc(C)c1[C@@H](N)C(C)(C)CO. The molecular weight excluding hydrogens is 186 g/mol. The summed E-state index contributed by atoms with van der Waals surface area (Å²) in [5.41, 5.74) is 9.50. The summed E-state index contributed by atoms with van der Waals surface area (Å²) in [5.74, 6) is 0. The maximum Gasteiger partial charge on any atom is 0.0500 e. The number of hydrogen-bond donors (Lipinski definition) is 2. The molecule has 1 atom stereocenters. The van der Waals surface area contributed by atoms with Crippen LogP contribution in [0.2, 0.25) is 0 Å². The van der Waals surface area contributed by atoms with Crippen LogP contribution in [-0.2, 0) is 0 Å². The molecule has 0 fully saturated rings. The van der Waals surface area contributed by atoms with Crippen molar-refractivity contribution in [3.8, 4) is 0 Å². The van der Waals surface area contributed by atoms with Crippen LogP contribution in [0, 0.1) is 19.3 Å². The number of rotatable bonds is 3. The second-order valence-corrected chi connectivity index (χ2v) is 4.93. The number of nitrogens with two attached hydrogens (primary N) is 1. The van der Waals surface area contributed by atoms with Crippen molar-refractivity contribution in [2.75, 3.05) is 6.61 Å². The summed E-state index contributed by atoms with van der Waals surface area (Å²) in [6, 6.07) is 6.04. The van der Waals surface area contributed by atoms with Gasteiger partial charge in [0.2, 0.25) is 0 Å². The lowest BCUT2D eigenvalue weighted by atomic mass is 9.79. The second kappa shape index (κ2) is 4.33. The number of aliphatic hydroxyl groups is 1. The van der Waals surface area contributed by atoms with Gasteiger partial charge in [-0.3, -0.25) is 0 Å². The summed E-state index contributed by atoms with van der Waals surface area (Å²) in [6.07, 6.45) is 0. The number of benzene rings is 1. The fourth-order valence-electron chi connectivity index (χ4n) is 1.81. The molecule has 1 rings (SSSR count). The molecule has 3 N–H and O–H groups in total. The summed E-state index contributed by atoms with van der Waals surface area (Å²) >= 11 is 0. The van der Waals surface area contributed by atoms with E-state index in [1.54, 1.807) is 0 Å². The first-order valence-electron chi connectivity index (χ1n) is 5.32. The average molecular weight is 207 g/mol. The fraction of sp³-hybridized carbons (Fsp3) is 0.538. The van der Waals surface area contributed by atoms with E-state index in [2.05, 4.69) is 26.0 Å². The highest BCUT2D eigenvalue weighted by atomic mass is 16.3. The van der Waals surface area contributed by atoms with Gasteiger partial charge in [0, 0.05) is 18.1 Å². The zero-order chi connectivity index (χ0) is 11.6. The van der Waals surface area contributed by atoms with Crippen LogP contribution in [0.25, 0.3) is 0 Å². The van der Waals surface area contributed by atoms with Gasteiger partial charge >= 0.3 is 0 Å². The molecule has 0 aliphatic heterocycles. The second-order valence-electron chi connectivity index (χ2n) is 4.93. The summed E-state index contributed by atoms with van der Waals surface area (Å²) in [5, 5.41) is 9.33. The first kappa shape index (κ1) is 12.2. The van der Waals surface area contributed by atoms with E-state index < -0.39 is 0 Å². The number of aliphatic hydroxyl groups excluding tert-OH is 1. The van der Waals surface area contributed by atoms with Crippen LogP contribution in [0.15, 0.2) is 18.2 Å². The van der Waals surface area contributed by atoms with Gasteiger partial charge in [0.1, 0.15) is 0 Å². The Morgan fingerprint density at radius 3 is 2.13 bits per heavy atom. The van der Waals surface area contributed by atoms with Crippen LogP contribution in [0.1, 0.15) is 36.6 Å². The Kier molecular flexibility index (Phi) is 3.53. The summed E-state index contributed by atoms with van der Waals surface area (Å²) in [4.78, 5) is 0. The molecule has 0 amide bonds. The molecule has 15 heavy (non-hydrogen) atoms. The monoisotopic (exact) mass is 207 g/mol. The molecule has 2 heteroatoms. The highest BCUT2D eigenvalue weighted by Crippen LogP contribution is 2.33. The van der Waals surface area contributed by atoms with Crippen molar-refractivity contribution in [3.63, 3.8) is 0 Å². The van der Waals surface area contributed by atoms with Gasteiger partial charge in [-0.2, -0.15) is 0 Å². The van der Waals surface area contributed by atoms with Crippen LogP contribution < -0.4 is 5.73 Å². The van der Waals surface area contributed by atoms with Crippen molar-refractivity contribution < 1.29 is 5.11 Å². The lowest BCUT2D eigenvalue weighted by molar-refractivity contribution is 0.132. The first-order chi connectivity index (χ1) is 6.90. The van der Waals surface area contributed by atoms with E-state index >= 15 is 0 Å². The van der Waals surface area contributed by atoms with Gasteiger partial charge in [0.15, 0.2) is 0 Å². The van der Waals surface area contributed by atoms with Crippen LogP contribution in [-0.4, -0.2) is 11.7 Å². The van der Waals surface area contributed by atoms with Crippen LogP contribution in [0.4, 0.5) is 0 Å². The third-order valence-corrected chi connectivity index (χ3v) is 3.10. The fourth-order valence-corrected chi connectivity index (χ4v) is 1.81. The quantitative estimate of drug-likeness (QED) is 0.799. The molecule has 0 aromatic heterocycles. The molecule has 0 radical (unpaired) electrons. The maximum absolute atomic E-state index is 9.33. The third kappa shape index (κ3) is 2.39. The van der Waals surface area contributed by atoms with E-state index in [0.717, 1.165) is 5.56 Å². The Morgan fingerprint density at radius 2 is 1.73 bits per heavy atom. The van der Waals surface area contributed by atoms with E-state index in [1.807, 2.05) is 19.9 Å². The zero-order valence-electron chi connectivity index (χ0n) is 10.0. The van der Waals surface area contributed by atoms with E-state index in [9.17, 15) is 5.11 Å². The van der Waals surface area contributed by atoms with Gasteiger partial charge < -0.3 is 10.8 Å². The highest BCUT2D eigenvalue weighted by Gasteiger charge is 2.28. The van der Waals surface area contributed by atoms with Crippen molar-refractivity contribution >= 4 is 0 Å². The number of aryl methyl sites for hydroxylation is 2. The molecule has 0 saturated heterocycles. The first-order valence-corrected chi connectivity index (χ1v) is 5.32. The molecular formula is C13H21NO. The Hall–Kier alpha value is -0.860. The molecule has 0 unspecified atom stereocenters.